The summed E-state index contributed by atoms with van der Waals surface area (Å²) >= 11 is 0. The maximum Gasteiger partial charge on any atom is 0.416 e. The van der Waals surface area contributed by atoms with Crippen molar-refractivity contribution in [2.24, 2.45) is 0 Å². The predicted octanol–water partition coefficient (Wildman–Crippen LogP) is 7.20. The second-order valence-electron chi connectivity index (χ2n) is 11.4. The van der Waals surface area contributed by atoms with E-state index in [0.29, 0.717) is 18.6 Å². The molecule has 0 spiro atoms. The van der Waals surface area contributed by atoms with E-state index in [-0.39, 0.29) is 68.1 Å². The molecule has 0 fully saturated rings. The van der Waals surface area contributed by atoms with E-state index in [1.165, 1.54) is 4.90 Å². The van der Waals surface area contributed by atoms with Crippen LogP contribution >= 0.6 is 0 Å². The smallest absolute Gasteiger partial charge is 0.416 e. The molecule has 1 aliphatic heterocycles. The Labute approximate surface area is 279 Å². The summed E-state index contributed by atoms with van der Waals surface area (Å²) in [6.07, 6.45) is -15.1. The highest BCUT2D eigenvalue weighted by Crippen LogP contribution is 2.44. The summed E-state index contributed by atoms with van der Waals surface area (Å²) in [5.41, 5.74) is -5.58. The van der Waals surface area contributed by atoms with E-state index in [1.807, 2.05) is 0 Å². The molecule has 0 unspecified atom stereocenters. The SMILES string of the molecule is CCOC(=O)N1c2ccc(C(F)(F)F)cc2[C@@H](Nc2nc(=O)n(CCOCCO)cc2Cc2cc(C(F)(F)F)cc(C(F)(F)F)c2)C[C@H]1CC. The van der Waals surface area contributed by atoms with E-state index in [1.54, 1.807) is 13.8 Å². The van der Waals surface area contributed by atoms with E-state index in [2.05, 4.69) is 10.3 Å². The Morgan fingerprint density at radius 2 is 1.58 bits per heavy atom. The number of carbonyl (C=O) groups excluding carboxylic acids is 1. The van der Waals surface area contributed by atoms with Gasteiger partial charge in [0.05, 0.1) is 61.4 Å². The molecule has 0 saturated heterocycles. The third-order valence-electron chi connectivity index (χ3n) is 7.93. The Morgan fingerprint density at radius 1 is 0.940 bits per heavy atom. The van der Waals surface area contributed by atoms with Crippen LogP contribution in [-0.2, 0) is 41.0 Å². The number of halogens is 9. The number of nitrogens with zero attached hydrogens (tertiary/aromatic N) is 3. The number of carbonyl (C=O) groups is 1. The molecule has 0 aliphatic carbocycles. The number of nitrogens with one attached hydrogen (secondary N) is 1. The first-order valence-electron chi connectivity index (χ1n) is 15.4. The second-order valence-corrected chi connectivity index (χ2v) is 11.4. The Hall–Kier alpha value is -4.32. The number of aromatic nitrogens is 2. The number of amides is 1. The molecule has 1 aliphatic rings. The lowest BCUT2D eigenvalue weighted by Gasteiger charge is -2.40. The lowest BCUT2D eigenvalue weighted by Crippen LogP contribution is -2.46. The zero-order valence-electron chi connectivity index (χ0n) is 26.7. The molecule has 1 amide bonds. The third kappa shape index (κ3) is 9.07. The van der Waals surface area contributed by atoms with Gasteiger partial charge in [-0.3, -0.25) is 9.47 Å². The molecule has 2 atom stereocenters. The molecule has 2 aromatic carbocycles. The number of rotatable bonds is 11. The number of fused-ring (bicyclic) bond motifs is 1. The molecular formula is C32H33F9N4O5. The van der Waals surface area contributed by atoms with Gasteiger partial charge in [0, 0.05) is 24.2 Å². The van der Waals surface area contributed by atoms with Gasteiger partial charge in [0.1, 0.15) is 5.82 Å². The largest absolute Gasteiger partial charge is 0.449 e. The van der Waals surface area contributed by atoms with Gasteiger partial charge in [-0.1, -0.05) is 6.92 Å². The van der Waals surface area contributed by atoms with Gasteiger partial charge in [0.2, 0.25) is 0 Å². The molecular weight excluding hydrogens is 691 g/mol. The van der Waals surface area contributed by atoms with Crippen molar-refractivity contribution in [3.63, 3.8) is 0 Å². The van der Waals surface area contributed by atoms with Crippen molar-refractivity contribution < 1.29 is 58.9 Å². The molecule has 274 valence electrons. The summed E-state index contributed by atoms with van der Waals surface area (Å²) in [7, 11) is 0. The number of benzene rings is 2. The van der Waals surface area contributed by atoms with E-state index < -0.39 is 71.1 Å². The lowest BCUT2D eigenvalue weighted by molar-refractivity contribution is -0.143. The Bertz CT molecular complexity index is 1690. The minimum atomic E-state index is -5.14. The lowest BCUT2D eigenvalue weighted by atomic mass is 9.88. The Balaban J connectivity index is 1.86. The van der Waals surface area contributed by atoms with Crippen molar-refractivity contribution in [1.29, 1.82) is 0 Å². The minimum absolute atomic E-state index is 0.0242. The van der Waals surface area contributed by atoms with Crippen LogP contribution in [0.5, 0.6) is 0 Å². The summed E-state index contributed by atoms with van der Waals surface area (Å²) in [5, 5.41) is 11.9. The van der Waals surface area contributed by atoms with Crippen LogP contribution in [0.2, 0.25) is 0 Å². The number of ether oxygens (including phenoxy) is 2. The number of alkyl halides is 9. The molecule has 9 nitrogen and oxygen atoms in total. The molecule has 0 saturated carbocycles. The van der Waals surface area contributed by atoms with Gasteiger partial charge < -0.3 is 19.9 Å². The Morgan fingerprint density at radius 3 is 2.14 bits per heavy atom. The van der Waals surface area contributed by atoms with Crippen LogP contribution in [0.25, 0.3) is 0 Å². The topological polar surface area (TPSA) is 106 Å². The van der Waals surface area contributed by atoms with Gasteiger partial charge in [-0.15, -0.1) is 0 Å². The van der Waals surface area contributed by atoms with Crippen molar-refractivity contribution in [3.8, 4) is 0 Å². The van der Waals surface area contributed by atoms with Gasteiger partial charge in [-0.05, 0) is 67.3 Å². The van der Waals surface area contributed by atoms with Crippen LogP contribution in [0.3, 0.4) is 0 Å². The first-order chi connectivity index (χ1) is 23.4. The average molecular weight is 725 g/mol. The summed E-state index contributed by atoms with van der Waals surface area (Å²) in [6.45, 7) is 2.56. The molecule has 4 rings (SSSR count). The van der Waals surface area contributed by atoms with Gasteiger partial charge in [0.15, 0.2) is 0 Å². The van der Waals surface area contributed by atoms with E-state index >= 15 is 0 Å². The summed E-state index contributed by atoms with van der Waals surface area (Å²) in [4.78, 5) is 31.3. The average Bonchev–Trinajstić information content (AvgIpc) is 3.03. The van der Waals surface area contributed by atoms with Gasteiger partial charge >= 0.3 is 30.3 Å². The van der Waals surface area contributed by atoms with Gasteiger partial charge in [0.25, 0.3) is 0 Å². The van der Waals surface area contributed by atoms with Crippen molar-refractivity contribution in [3.05, 3.63) is 86.5 Å². The van der Waals surface area contributed by atoms with Crippen LogP contribution in [0, 0.1) is 0 Å². The van der Waals surface area contributed by atoms with E-state index in [4.69, 9.17) is 14.6 Å². The zero-order chi connectivity index (χ0) is 37.0. The van der Waals surface area contributed by atoms with Gasteiger partial charge in [-0.25, -0.2) is 9.59 Å². The van der Waals surface area contributed by atoms with Crippen LogP contribution in [0.4, 0.5) is 55.8 Å². The fraction of sp³-hybridized carbons (Fsp3) is 0.469. The standard InChI is InChI=1S/C32H33F9N4O5/c1-3-23-16-25(24-15-20(30(33,34)35)5-6-26(24)45(23)29(48)50-4-2)42-27-19(17-44(28(47)43-27)7-9-49-10-8-46)11-18-12-21(31(36,37)38)14-22(13-18)32(39,40)41/h5-6,12-15,17,23,25,46H,3-4,7-11,16H2,1-2H3,(H,42,43,47)/t23-,25+/m1/s1. The number of aliphatic hydroxyl groups excluding tert-OH is 1. The van der Waals surface area contributed by atoms with E-state index in [9.17, 15) is 49.1 Å². The number of hydrogen-bond acceptors (Lipinski definition) is 7. The summed E-state index contributed by atoms with van der Waals surface area (Å²) in [6, 6.07) is 2.01. The maximum atomic E-state index is 13.9. The molecule has 2 heterocycles. The van der Waals surface area contributed by atoms with Crippen molar-refractivity contribution >= 4 is 17.6 Å². The fourth-order valence-electron chi connectivity index (χ4n) is 5.64. The van der Waals surface area contributed by atoms with Crippen LogP contribution < -0.4 is 15.9 Å². The molecule has 0 bridgehead atoms. The molecule has 1 aromatic heterocycles. The zero-order valence-corrected chi connectivity index (χ0v) is 26.7. The minimum Gasteiger partial charge on any atom is -0.449 e. The summed E-state index contributed by atoms with van der Waals surface area (Å²) < 4.78 is 135. The summed E-state index contributed by atoms with van der Waals surface area (Å²) in [5.74, 6) is -0.304. The van der Waals surface area contributed by atoms with Crippen LogP contribution in [0.15, 0.2) is 47.4 Å². The first-order valence-corrected chi connectivity index (χ1v) is 15.4. The second kappa shape index (κ2) is 15.3. The first kappa shape index (κ1) is 38.5. The van der Waals surface area contributed by atoms with Crippen molar-refractivity contribution in [2.75, 3.05) is 36.6 Å². The van der Waals surface area contributed by atoms with E-state index in [0.717, 1.165) is 29.0 Å². The highest BCUT2D eigenvalue weighted by molar-refractivity contribution is 5.90. The van der Waals surface area contributed by atoms with Gasteiger partial charge in [-0.2, -0.15) is 44.5 Å². The molecule has 2 N–H and O–H groups in total. The quantitative estimate of drug-likeness (QED) is 0.159. The highest BCUT2D eigenvalue weighted by Gasteiger charge is 2.40. The van der Waals surface area contributed by atoms with Crippen molar-refractivity contribution in [1.82, 2.24) is 9.55 Å². The van der Waals surface area contributed by atoms with Crippen molar-refractivity contribution in [2.45, 2.75) is 70.3 Å². The van der Waals surface area contributed by atoms with Crippen LogP contribution in [0.1, 0.15) is 66.1 Å². The number of aliphatic hydroxyl groups is 1. The Kier molecular flexibility index (Phi) is 11.8. The number of anilines is 2. The predicted molar refractivity (Wildman–Crippen MR) is 162 cm³/mol. The normalized spacial score (nSPS) is 16.7. The molecule has 3 aromatic rings. The highest BCUT2D eigenvalue weighted by atomic mass is 19.4. The molecule has 18 heteroatoms. The molecule has 0 radical (unpaired) electrons. The number of hydrogen-bond donors (Lipinski definition) is 2. The third-order valence-corrected chi connectivity index (χ3v) is 7.93. The van der Waals surface area contributed by atoms with Crippen LogP contribution in [-0.4, -0.2) is 53.2 Å². The monoisotopic (exact) mass is 724 g/mol. The fourth-order valence-corrected chi connectivity index (χ4v) is 5.64. The maximum absolute atomic E-state index is 13.9. The molecule has 50 heavy (non-hydrogen) atoms.